The fourth-order valence-electron chi connectivity index (χ4n) is 1.57. The van der Waals surface area contributed by atoms with Crippen molar-refractivity contribution in [3.05, 3.63) is 41.6 Å². The SMILES string of the molecule is C#CCOc1ccc(C(=O)O[C@H](C)c2nnc(C)o2)cc1. The molecule has 0 aliphatic carbocycles. The number of esters is 1. The van der Waals surface area contributed by atoms with E-state index in [0.717, 1.165) is 0 Å². The van der Waals surface area contributed by atoms with Crippen molar-refractivity contribution in [2.24, 2.45) is 0 Å². The van der Waals surface area contributed by atoms with Gasteiger partial charge in [-0.3, -0.25) is 0 Å². The van der Waals surface area contributed by atoms with Gasteiger partial charge >= 0.3 is 5.97 Å². The summed E-state index contributed by atoms with van der Waals surface area (Å²) in [4.78, 5) is 12.0. The van der Waals surface area contributed by atoms with Crippen LogP contribution in [0, 0.1) is 19.3 Å². The Balaban J connectivity index is 1.98. The molecule has 0 fully saturated rings. The van der Waals surface area contributed by atoms with Gasteiger partial charge in [0.25, 0.3) is 5.89 Å². The van der Waals surface area contributed by atoms with E-state index < -0.39 is 12.1 Å². The molecule has 1 aromatic heterocycles. The molecule has 0 aliphatic heterocycles. The average molecular weight is 286 g/mol. The third-order valence-electron chi connectivity index (χ3n) is 2.59. The first-order chi connectivity index (χ1) is 10.1. The molecule has 6 heteroatoms. The highest BCUT2D eigenvalue weighted by Gasteiger charge is 2.18. The van der Waals surface area contributed by atoms with Crippen LogP contribution in [0.3, 0.4) is 0 Å². The monoisotopic (exact) mass is 286 g/mol. The van der Waals surface area contributed by atoms with Gasteiger partial charge in [0, 0.05) is 6.92 Å². The highest BCUT2D eigenvalue weighted by molar-refractivity contribution is 5.89. The third-order valence-corrected chi connectivity index (χ3v) is 2.59. The van der Waals surface area contributed by atoms with Crippen molar-refractivity contribution in [2.75, 3.05) is 6.61 Å². The average Bonchev–Trinajstić information content (AvgIpc) is 2.92. The molecule has 1 aromatic carbocycles. The van der Waals surface area contributed by atoms with Gasteiger partial charge in [-0.05, 0) is 31.2 Å². The molecule has 0 aliphatic rings. The molecule has 0 spiro atoms. The number of hydrogen-bond donors (Lipinski definition) is 0. The Morgan fingerprint density at radius 1 is 1.38 bits per heavy atom. The van der Waals surface area contributed by atoms with Crippen molar-refractivity contribution in [2.45, 2.75) is 20.0 Å². The fourth-order valence-corrected chi connectivity index (χ4v) is 1.57. The van der Waals surface area contributed by atoms with E-state index in [-0.39, 0.29) is 12.5 Å². The normalized spacial score (nSPS) is 11.5. The van der Waals surface area contributed by atoms with Gasteiger partial charge in [-0.15, -0.1) is 16.6 Å². The van der Waals surface area contributed by atoms with Crippen LogP contribution in [-0.2, 0) is 4.74 Å². The number of aryl methyl sites for hydroxylation is 1. The summed E-state index contributed by atoms with van der Waals surface area (Å²) in [5.41, 5.74) is 0.395. The summed E-state index contributed by atoms with van der Waals surface area (Å²) in [6, 6.07) is 6.49. The number of ether oxygens (including phenoxy) is 2. The van der Waals surface area contributed by atoms with Crippen molar-refractivity contribution in [1.29, 1.82) is 0 Å². The standard InChI is InChI=1S/C15H14N2O4/c1-4-9-19-13-7-5-12(6-8-13)15(18)20-10(2)14-17-16-11(3)21-14/h1,5-8,10H,9H2,2-3H3/t10-/m1/s1. The predicted molar refractivity (Wildman–Crippen MR) is 73.6 cm³/mol. The van der Waals surface area contributed by atoms with Gasteiger partial charge in [0.05, 0.1) is 5.56 Å². The zero-order chi connectivity index (χ0) is 15.2. The summed E-state index contributed by atoms with van der Waals surface area (Å²) in [5.74, 6) is 3.14. The molecule has 0 unspecified atom stereocenters. The number of aromatic nitrogens is 2. The minimum Gasteiger partial charge on any atom is -0.481 e. The van der Waals surface area contributed by atoms with Crippen LogP contribution < -0.4 is 4.74 Å². The first-order valence-corrected chi connectivity index (χ1v) is 6.27. The van der Waals surface area contributed by atoms with Crippen LogP contribution in [0.4, 0.5) is 0 Å². The van der Waals surface area contributed by atoms with E-state index in [2.05, 4.69) is 16.1 Å². The Bertz CT molecular complexity index is 655. The number of rotatable bonds is 5. The summed E-state index contributed by atoms with van der Waals surface area (Å²) in [5, 5.41) is 7.49. The van der Waals surface area contributed by atoms with E-state index >= 15 is 0 Å². The van der Waals surface area contributed by atoms with Gasteiger partial charge in [0.2, 0.25) is 5.89 Å². The third kappa shape index (κ3) is 3.83. The molecule has 1 atom stereocenters. The molecule has 2 rings (SSSR count). The van der Waals surface area contributed by atoms with Gasteiger partial charge in [-0.2, -0.15) is 0 Å². The zero-order valence-electron chi connectivity index (χ0n) is 11.7. The lowest BCUT2D eigenvalue weighted by Crippen LogP contribution is -2.09. The number of nitrogens with zero attached hydrogens (tertiary/aromatic N) is 2. The van der Waals surface area contributed by atoms with E-state index in [1.165, 1.54) is 0 Å². The predicted octanol–water partition coefficient (Wildman–Crippen LogP) is 2.31. The van der Waals surface area contributed by atoms with Crippen molar-refractivity contribution < 1.29 is 18.7 Å². The molecule has 1 heterocycles. The summed E-state index contributed by atoms with van der Waals surface area (Å²) >= 11 is 0. The van der Waals surface area contributed by atoms with Crippen LogP contribution in [0.25, 0.3) is 0 Å². The second-order valence-electron chi connectivity index (χ2n) is 4.22. The lowest BCUT2D eigenvalue weighted by atomic mass is 10.2. The number of carbonyl (C=O) groups is 1. The maximum atomic E-state index is 12.0. The lowest BCUT2D eigenvalue weighted by molar-refractivity contribution is 0.0277. The van der Waals surface area contributed by atoms with Crippen LogP contribution in [0.1, 0.15) is 35.2 Å². The maximum absolute atomic E-state index is 12.0. The fraction of sp³-hybridized carbons (Fsp3) is 0.267. The molecule has 0 bridgehead atoms. The number of carbonyl (C=O) groups excluding carboxylic acids is 1. The van der Waals surface area contributed by atoms with Crippen molar-refractivity contribution in [1.82, 2.24) is 10.2 Å². The minimum atomic E-state index is -0.615. The smallest absolute Gasteiger partial charge is 0.338 e. The van der Waals surface area contributed by atoms with E-state index in [4.69, 9.17) is 20.3 Å². The maximum Gasteiger partial charge on any atom is 0.338 e. The van der Waals surface area contributed by atoms with Crippen molar-refractivity contribution in [3.63, 3.8) is 0 Å². The Hall–Kier alpha value is -2.81. The Labute approximate surface area is 122 Å². The van der Waals surface area contributed by atoms with Crippen LogP contribution in [0.2, 0.25) is 0 Å². The molecular formula is C15H14N2O4. The molecule has 21 heavy (non-hydrogen) atoms. The van der Waals surface area contributed by atoms with Gasteiger partial charge in [0.15, 0.2) is 6.10 Å². The number of terminal acetylenes is 1. The molecule has 0 saturated heterocycles. The first kappa shape index (κ1) is 14.6. The van der Waals surface area contributed by atoms with Crippen LogP contribution in [0.15, 0.2) is 28.7 Å². The van der Waals surface area contributed by atoms with E-state index in [9.17, 15) is 4.79 Å². The summed E-state index contributed by atoms with van der Waals surface area (Å²) < 4.78 is 15.7. The van der Waals surface area contributed by atoms with Crippen LogP contribution in [-0.4, -0.2) is 22.8 Å². The van der Waals surface area contributed by atoms with Gasteiger partial charge in [0.1, 0.15) is 12.4 Å². The molecule has 0 radical (unpaired) electrons. The quantitative estimate of drug-likeness (QED) is 0.620. The van der Waals surface area contributed by atoms with Gasteiger partial charge < -0.3 is 13.9 Å². The van der Waals surface area contributed by atoms with Crippen LogP contribution in [0.5, 0.6) is 5.75 Å². The Morgan fingerprint density at radius 3 is 2.67 bits per heavy atom. The first-order valence-electron chi connectivity index (χ1n) is 6.27. The summed E-state index contributed by atoms with van der Waals surface area (Å²) in [6.07, 6.45) is 4.48. The summed E-state index contributed by atoms with van der Waals surface area (Å²) in [6.45, 7) is 3.51. The molecule has 0 N–H and O–H groups in total. The van der Waals surface area contributed by atoms with Crippen molar-refractivity contribution in [3.8, 4) is 18.1 Å². The van der Waals surface area contributed by atoms with E-state index in [1.54, 1.807) is 38.1 Å². The van der Waals surface area contributed by atoms with Gasteiger partial charge in [-0.1, -0.05) is 5.92 Å². The van der Waals surface area contributed by atoms with Crippen molar-refractivity contribution >= 4 is 5.97 Å². The zero-order valence-corrected chi connectivity index (χ0v) is 11.7. The molecule has 0 saturated carbocycles. The Kier molecular flexibility index (Phi) is 4.57. The second-order valence-corrected chi connectivity index (χ2v) is 4.22. The molecule has 108 valence electrons. The highest BCUT2D eigenvalue weighted by atomic mass is 16.6. The highest BCUT2D eigenvalue weighted by Crippen LogP contribution is 2.18. The topological polar surface area (TPSA) is 74.5 Å². The minimum absolute atomic E-state index is 0.178. The molecule has 6 nitrogen and oxygen atoms in total. The molecule has 0 amide bonds. The lowest BCUT2D eigenvalue weighted by Gasteiger charge is -2.09. The second kappa shape index (κ2) is 6.57. The summed E-state index contributed by atoms with van der Waals surface area (Å²) in [7, 11) is 0. The largest absolute Gasteiger partial charge is 0.481 e. The molecule has 2 aromatic rings. The number of hydrogen-bond acceptors (Lipinski definition) is 6. The van der Waals surface area contributed by atoms with Crippen LogP contribution >= 0.6 is 0 Å². The van der Waals surface area contributed by atoms with E-state index in [0.29, 0.717) is 17.2 Å². The van der Waals surface area contributed by atoms with Gasteiger partial charge in [-0.25, -0.2) is 4.79 Å². The number of benzene rings is 1. The van der Waals surface area contributed by atoms with E-state index in [1.807, 2.05) is 0 Å². The molecular weight excluding hydrogens is 272 g/mol. The Morgan fingerprint density at radius 2 is 2.10 bits per heavy atom.